The number of piperazine rings is 1. The third-order valence-corrected chi connectivity index (χ3v) is 5.48. The molecule has 2 aromatic rings. The molecule has 0 unspecified atom stereocenters. The summed E-state index contributed by atoms with van der Waals surface area (Å²) in [5, 5.41) is 3.28. The second kappa shape index (κ2) is 8.48. The first kappa shape index (κ1) is 20.2. The standard InChI is InChI=1S/C17H22N4O3S.ClH/c1-24-17-5-3-2-4-15(17)20-25(22,23)13-6-7-16(14(18)12-13)21-10-8-19-9-11-21;/h2-7,12,19-20H,8-11,18H2,1H3;1H. The molecule has 4 N–H and O–H groups in total. The van der Waals surface area contributed by atoms with Crippen molar-refractivity contribution in [2.24, 2.45) is 0 Å². The van der Waals surface area contributed by atoms with Crippen LogP contribution in [-0.4, -0.2) is 41.7 Å². The minimum Gasteiger partial charge on any atom is -0.495 e. The zero-order valence-electron chi connectivity index (χ0n) is 14.4. The number of halogens is 1. The number of ether oxygens (including phenoxy) is 1. The largest absolute Gasteiger partial charge is 0.495 e. The van der Waals surface area contributed by atoms with E-state index in [4.69, 9.17) is 10.5 Å². The zero-order chi connectivity index (χ0) is 17.9. The number of rotatable bonds is 5. The molecule has 1 fully saturated rings. The second-order valence-electron chi connectivity index (χ2n) is 5.76. The Bertz CT molecular complexity index is 855. The van der Waals surface area contributed by atoms with Crippen LogP contribution >= 0.6 is 12.4 Å². The zero-order valence-corrected chi connectivity index (χ0v) is 16.1. The van der Waals surface area contributed by atoms with E-state index in [0.717, 1.165) is 31.9 Å². The van der Waals surface area contributed by atoms with E-state index in [1.807, 2.05) is 0 Å². The molecule has 0 amide bonds. The molecule has 0 aliphatic carbocycles. The van der Waals surface area contributed by atoms with Crippen molar-refractivity contribution in [2.45, 2.75) is 4.90 Å². The number of para-hydroxylation sites is 2. The summed E-state index contributed by atoms with van der Waals surface area (Å²) in [4.78, 5) is 2.27. The lowest BCUT2D eigenvalue weighted by Gasteiger charge is -2.30. The summed E-state index contributed by atoms with van der Waals surface area (Å²) in [6, 6.07) is 11.7. The average molecular weight is 399 g/mol. The predicted octanol–water partition coefficient (Wildman–Crippen LogP) is 1.91. The van der Waals surface area contributed by atoms with Gasteiger partial charge in [-0.2, -0.15) is 0 Å². The Labute approximate surface area is 160 Å². The van der Waals surface area contributed by atoms with Crippen LogP contribution in [0.3, 0.4) is 0 Å². The van der Waals surface area contributed by atoms with Crippen molar-refractivity contribution in [1.82, 2.24) is 5.32 Å². The van der Waals surface area contributed by atoms with Gasteiger partial charge < -0.3 is 20.7 Å². The Balaban J connectivity index is 0.00000243. The van der Waals surface area contributed by atoms with Crippen LogP contribution in [0.5, 0.6) is 5.75 Å². The predicted molar refractivity (Wildman–Crippen MR) is 107 cm³/mol. The van der Waals surface area contributed by atoms with E-state index in [2.05, 4.69) is 14.9 Å². The lowest BCUT2D eigenvalue weighted by Crippen LogP contribution is -2.43. The van der Waals surface area contributed by atoms with Crippen molar-refractivity contribution >= 4 is 39.5 Å². The van der Waals surface area contributed by atoms with E-state index in [1.54, 1.807) is 36.4 Å². The fourth-order valence-corrected chi connectivity index (χ4v) is 3.93. The molecule has 0 aromatic heterocycles. The van der Waals surface area contributed by atoms with Gasteiger partial charge in [0.1, 0.15) is 5.75 Å². The molecular weight excluding hydrogens is 376 g/mol. The molecule has 0 atom stereocenters. The lowest BCUT2D eigenvalue weighted by atomic mass is 10.2. The quantitative estimate of drug-likeness (QED) is 0.666. The van der Waals surface area contributed by atoms with Gasteiger partial charge >= 0.3 is 0 Å². The van der Waals surface area contributed by atoms with Gasteiger partial charge in [-0.3, -0.25) is 4.72 Å². The SMILES string of the molecule is COc1ccccc1NS(=O)(=O)c1ccc(N2CCNCC2)c(N)c1.Cl. The summed E-state index contributed by atoms with van der Waals surface area (Å²) < 4.78 is 33.1. The van der Waals surface area contributed by atoms with Crippen LogP contribution in [0.25, 0.3) is 0 Å². The van der Waals surface area contributed by atoms with Gasteiger partial charge in [0.2, 0.25) is 0 Å². The van der Waals surface area contributed by atoms with Crippen LogP contribution in [0.1, 0.15) is 0 Å². The highest BCUT2D eigenvalue weighted by molar-refractivity contribution is 7.92. The number of benzene rings is 2. The average Bonchev–Trinajstić information content (AvgIpc) is 2.62. The van der Waals surface area contributed by atoms with Crippen LogP contribution in [0.15, 0.2) is 47.4 Å². The molecule has 0 radical (unpaired) electrons. The Hall–Kier alpha value is -2.16. The van der Waals surface area contributed by atoms with Crippen LogP contribution in [-0.2, 0) is 10.0 Å². The number of nitrogens with zero attached hydrogens (tertiary/aromatic N) is 1. The van der Waals surface area contributed by atoms with Crippen molar-refractivity contribution in [1.29, 1.82) is 0 Å². The molecule has 9 heteroatoms. The van der Waals surface area contributed by atoms with Crippen molar-refractivity contribution in [3.63, 3.8) is 0 Å². The Morgan fingerprint density at radius 3 is 2.50 bits per heavy atom. The number of hydrogen-bond donors (Lipinski definition) is 3. The molecule has 2 aromatic carbocycles. The normalized spacial score (nSPS) is 14.4. The van der Waals surface area contributed by atoms with E-state index in [0.29, 0.717) is 17.1 Å². The minimum absolute atomic E-state index is 0. The highest BCUT2D eigenvalue weighted by atomic mass is 35.5. The molecule has 0 saturated carbocycles. The van der Waals surface area contributed by atoms with Gasteiger partial charge in [0, 0.05) is 26.2 Å². The molecule has 3 rings (SSSR count). The minimum atomic E-state index is -3.76. The van der Waals surface area contributed by atoms with Gasteiger partial charge in [0.05, 0.1) is 29.1 Å². The fraction of sp³-hybridized carbons (Fsp3) is 0.294. The second-order valence-corrected chi connectivity index (χ2v) is 7.45. The summed E-state index contributed by atoms with van der Waals surface area (Å²) in [6.07, 6.45) is 0. The maximum absolute atomic E-state index is 12.7. The maximum atomic E-state index is 12.7. The number of nitrogens with one attached hydrogen (secondary N) is 2. The Morgan fingerprint density at radius 2 is 1.85 bits per heavy atom. The van der Waals surface area contributed by atoms with E-state index in [1.165, 1.54) is 13.2 Å². The van der Waals surface area contributed by atoms with Crippen molar-refractivity contribution in [3.8, 4) is 5.75 Å². The molecule has 1 aliphatic rings. The molecule has 0 spiro atoms. The van der Waals surface area contributed by atoms with Gasteiger partial charge in [0.15, 0.2) is 0 Å². The van der Waals surface area contributed by atoms with E-state index >= 15 is 0 Å². The van der Waals surface area contributed by atoms with Crippen LogP contribution in [0.4, 0.5) is 17.1 Å². The lowest BCUT2D eigenvalue weighted by molar-refractivity contribution is 0.417. The Kier molecular flexibility index (Phi) is 6.57. The van der Waals surface area contributed by atoms with Crippen LogP contribution in [0.2, 0.25) is 0 Å². The number of nitrogens with two attached hydrogens (primary N) is 1. The Morgan fingerprint density at radius 1 is 1.15 bits per heavy atom. The summed E-state index contributed by atoms with van der Waals surface area (Å²) in [5.74, 6) is 0.455. The number of methoxy groups -OCH3 is 1. The molecule has 0 bridgehead atoms. The maximum Gasteiger partial charge on any atom is 0.262 e. The molecule has 1 heterocycles. The van der Waals surface area contributed by atoms with E-state index < -0.39 is 10.0 Å². The third-order valence-electron chi connectivity index (χ3n) is 4.12. The number of hydrogen-bond acceptors (Lipinski definition) is 6. The van der Waals surface area contributed by atoms with Crippen LogP contribution in [0, 0.1) is 0 Å². The van der Waals surface area contributed by atoms with Crippen molar-refractivity contribution in [3.05, 3.63) is 42.5 Å². The van der Waals surface area contributed by atoms with Gasteiger partial charge in [-0.1, -0.05) is 12.1 Å². The summed E-state index contributed by atoms with van der Waals surface area (Å²) in [7, 11) is -2.26. The highest BCUT2D eigenvalue weighted by Crippen LogP contribution is 2.29. The topological polar surface area (TPSA) is 96.7 Å². The van der Waals surface area contributed by atoms with Gasteiger partial charge in [-0.15, -0.1) is 12.4 Å². The number of anilines is 3. The van der Waals surface area contributed by atoms with Gasteiger partial charge in [-0.05, 0) is 30.3 Å². The van der Waals surface area contributed by atoms with Gasteiger partial charge in [-0.25, -0.2) is 8.42 Å². The summed E-state index contributed by atoms with van der Waals surface area (Å²) in [5.41, 5.74) is 7.81. The highest BCUT2D eigenvalue weighted by Gasteiger charge is 2.19. The summed E-state index contributed by atoms with van der Waals surface area (Å²) in [6.45, 7) is 3.45. The van der Waals surface area contributed by atoms with Crippen LogP contribution < -0.4 is 25.4 Å². The third kappa shape index (κ3) is 4.32. The molecule has 142 valence electrons. The first-order valence-corrected chi connectivity index (χ1v) is 9.50. The number of sulfonamides is 1. The monoisotopic (exact) mass is 398 g/mol. The molecular formula is C17H23ClN4O3S. The van der Waals surface area contributed by atoms with Gasteiger partial charge in [0.25, 0.3) is 10.0 Å². The first-order valence-electron chi connectivity index (χ1n) is 8.02. The van der Waals surface area contributed by atoms with E-state index in [-0.39, 0.29) is 17.3 Å². The van der Waals surface area contributed by atoms with Crippen molar-refractivity contribution < 1.29 is 13.2 Å². The van der Waals surface area contributed by atoms with Crippen molar-refractivity contribution in [2.75, 3.05) is 48.6 Å². The van der Waals surface area contributed by atoms with E-state index in [9.17, 15) is 8.42 Å². The fourth-order valence-electron chi connectivity index (χ4n) is 2.83. The molecule has 26 heavy (non-hydrogen) atoms. The molecule has 1 saturated heterocycles. The number of nitrogen functional groups attached to an aromatic ring is 1. The first-order chi connectivity index (χ1) is 12.0. The summed E-state index contributed by atoms with van der Waals surface area (Å²) >= 11 is 0. The molecule has 7 nitrogen and oxygen atoms in total. The smallest absolute Gasteiger partial charge is 0.262 e. The molecule has 1 aliphatic heterocycles.